The molecule has 1 aromatic heterocycles. The van der Waals surface area contributed by atoms with Gasteiger partial charge in [0.05, 0.1) is 26.0 Å². The summed E-state index contributed by atoms with van der Waals surface area (Å²) in [5, 5.41) is 2.91. The van der Waals surface area contributed by atoms with Crippen molar-refractivity contribution >= 4 is 11.8 Å². The number of carbonyl (C=O) groups excluding carboxylic acids is 2. The summed E-state index contributed by atoms with van der Waals surface area (Å²) in [6.45, 7) is 5.25. The third-order valence-corrected chi connectivity index (χ3v) is 4.66. The van der Waals surface area contributed by atoms with Crippen molar-refractivity contribution in [1.82, 2.24) is 10.2 Å². The van der Waals surface area contributed by atoms with Gasteiger partial charge in [-0.15, -0.1) is 0 Å². The first kappa shape index (κ1) is 22.3. The lowest BCUT2D eigenvalue weighted by Crippen LogP contribution is -2.36. The molecular weight excluding hydrogens is 372 g/mol. The molecule has 0 spiro atoms. The van der Waals surface area contributed by atoms with Gasteiger partial charge in [0.1, 0.15) is 5.76 Å². The fourth-order valence-electron chi connectivity index (χ4n) is 3.07. The third-order valence-electron chi connectivity index (χ3n) is 4.66. The van der Waals surface area contributed by atoms with Gasteiger partial charge in [-0.05, 0) is 43.5 Å². The number of nitrogens with zero attached hydrogens (tertiary/aromatic N) is 1. The van der Waals surface area contributed by atoms with E-state index in [1.807, 2.05) is 25.1 Å². The van der Waals surface area contributed by atoms with Crippen molar-refractivity contribution in [1.29, 1.82) is 0 Å². The molecule has 1 heterocycles. The van der Waals surface area contributed by atoms with E-state index in [-0.39, 0.29) is 18.2 Å². The fourth-order valence-corrected chi connectivity index (χ4v) is 3.07. The van der Waals surface area contributed by atoms with Gasteiger partial charge in [0.25, 0.3) is 5.91 Å². The lowest BCUT2D eigenvalue weighted by molar-refractivity contribution is -0.121. The predicted octanol–water partition coefficient (Wildman–Crippen LogP) is 3.21. The molecule has 7 nitrogen and oxygen atoms in total. The second kappa shape index (κ2) is 11.1. The average Bonchev–Trinajstić information content (AvgIpc) is 3.16. The summed E-state index contributed by atoms with van der Waals surface area (Å²) in [5.74, 6) is 1.75. The standard InChI is InChI=1S/C22H30N2O5/c1-5-12-24(22(26)18-10-14-29-16(18)2)13-9-21(25)23-11-8-17-6-7-19(27-3)20(15-17)28-4/h6-7,10,14-15H,5,8-9,11-13H2,1-4H3,(H,23,25). The zero-order valence-electron chi connectivity index (χ0n) is 17.6. The second-order valence-electron chi connectivity index (χ2n) is 6.72. The van der Waals surface area contributed by atoms with Crippen LogP contribution in [0.15, 0.2) is 34.9 Å². The Morgan fingerprint density at radius 2 is 1.86 bits per heavy atom. The first-order valence-electron chi connectivity index (χ1n) is 9.81. The quantitative estimate of drug-likeness (QED) is 0.624. The molecule has 29 heavy (non-hydrogen) atoms. The van der Waals surface area contributed by atoms with Crippen molar-refractivity contribution in [3.05, 3.63) is 47.4 Å². The van der Waals surface area contributed by atoms with E-state index >= 15 is 0 Å². The van der Waals surface area contributed by atoms with E-state index in [0.717, 1.165) is 12.0 Å². The van der Waals surface area contributed by atoms with Crippen molar-refractivity contribution < 1.29 is 23.5 Å². The summed E-state index contributed by atoms with van der Waals surface area (Å²) in [6.07, 6.45) is 3.27. The van der Waals surface area contributed by atoms with Gasteiger partial charge in [-0.1, -0.05) is 13.0 Å². The van der Waals surface area contributed by atoms with Crippen molar-refractivity contribution in [2.45, 2.75) is 33.1 Å². The number of ether oxygens (including phenoxy) is 2. The van der Waals surface area contributed by atoms with Gasteiger partial charge in [-0.2, -0.15) is 0 Å². The Bertz CT molecular complexity index is 815. The SMILES string of the molecule is CCCN(CCC(=O)NCCc1ccc(OC)c(OC)c1)C(=O)c1ccoc1C. The van der Waals surface area contributed by atoms with E-state index in [0.29, 0.717) is 48.9 Å². The Kier molecular flexibility index (Phi) is 8.58. The molecular formula is C22H30N2O5. The van der Waals surface area contributed by atoms with E-state index in [9.17, 15) is 9.59 Å². The molecule has 158 valence electrons. The second-order valence-corrected chi connectivity index (χ2v) is 6.72. The number of aryl methyl sites for hydroxylation is 1. The number of amides is 2. The minimum Gasteiger partial charge on any atom is -0.493 e. The van der Waals surface area contributed by atoms with Gasteiger partial charge in [0.2, 0.25) is 5.91 Å². The van der Waals surface area contributed by atoms with Gasteiger partial charge in [-0.25, -0.2) is 0 Å². The molecule has 0 bridgehead atoms. The normalized spacial score (nSPS) is 10.5. The topological polar surface area (TPSA) is 81.0 Å². The lowest BCUT2D eigenvalue weighted by Gasteiger charge is -2.21. The van der Waals surface area contributed by atoms with Gasteiger partial charge in [0.15, 0.2) is 11.5 Å². The molecule has 2 aromatic rings. The molecule has 2 rings (SSSR count). The summed E-state index contributed by atoms with van der Waals surface area (Å²) in [4.78, 5) is 26.6. The van der Waals surface area contributed by atoms with Crippen molar-refractivity contribution in [2.75, 3.05) is 33.9 Å². The number of hydrogen-bond acceptors (Lipinski definition) is 5. The molecule has 1 N–H and O–H groups in total. The van der Waals surface area contributed by atoms with Crippen molar-refractivity contribution in [3.8, 4) is 11.5 Å². The van der Waals surface area contributed by atoms with Crippen LogP contribution in [0.4, 0.5) is 0 Å². The summed E-state index contributed by atoms with van der Waals surface area (Å²) >= 11 is 0. The maximum atomic E-state index is 12.7. The van der Waals surface area contributed by atoms with Crippen LogP contribution in [-0.4, -0.2) is 50.6 Å². The molecule has 0 radical (unpaired) electrons. The highest BCUT2D eigenvalue weighted by molar-refractivity contribution is 5.95. The molecule has 0 unspecified atom stereocenters. The van der Waals surface area contributed by atoms with E-state index in [4.69, 9.17) is 13.9 Å². The minimum atomic E-state index is -0.101. The van der Waals surface area contributed by atoms with Crippen LogP contribution in [0.2, 0.25) is 0 Å². The number of hydrogen-bond donors (Lipinski definition) is 1. The van der Waals surface area contributed by atoms with E-state index < -0.39 is 0 Å². The number of furan rings is 1. The first-order chi connectivity index (χ1) is 14.0. The molecule has 1 aromatic carbocycles. The molecule has 0 aliphatic heterocycles. The number of rotatable bonds is 11. The third kappa shape index (κ3) is 6.27. The summed E-state index contributed by atoms with van der Waals surface area (Å²) in [6, 6.07) is 7.37. The first-order valence-corrected chi connectivity index (χ1v) is 9.81. The Balaban J connectivity index is 1.82. The smallest absolute Gasteiger partial charge is 0.257 e. The molecule has 0 fully saturated rings. The van der Waals surface area contributed by atoms with Crippen LogP contribution in [-0.2, 0) is 11.2 Å². The predicted molar refractivity (Wildman–Crippen MR) is 111 cm³/mol. The molecule has 0 atom stereocenters. The summed E-state index contributed by atoms with van der Waals surface area (Å²) < 4.78 is 15.7. The highest BCUT2D eigenvalue weighted by Gasteiger charge is 2.19. The minimum absolute atomic E-state index is 0.0803. The average molecular weight is 402 g/mol. The van der Waals surface area contributed by atoms with Crippen LogP contribution >= 0.6 is 0 Å². The maximum Gasteiger partial charge on any atom is 0.257 e. The van der Waals surface area contributed by atoms with Crippen LogP contribution in [0.25, 0.3) is 0 Å². The van der Waals surface area contributed by atoms with Crippen LogP contribution in [0.1, 0.15) is 41.4 Å². The van der Waals surface area contributed by atoms with Gasteiger partial charge >= 0.3 is 0 Å². The molecule has 2 amide bonds. The van der Waals surface area contributed by atoms with Gasteiger partial charge < -0.3 is 24.1 Å². The summed E-state index contributed by atoms with van der Waals surface area (Å²) in [7, 11) is 3.19. The Morgan fingerprint density at radius 3 is 2.48 bits per heavy atom. The van der Waals surface area contributed by atoms with E-state index in [1.54, 1.807) is 32.1 Å². The van der Waals surface area contributed by atoms with Crippen LogP contribution in [0.5, 0.6) is 11.5 Å². The molecule has 0 aliphatic carbocycles. The fraction of sp³-hybridized carbons (Fsp3) is 0.455. The lowest BCUT2D eigenvalue weighted by atomic mass is 10.1. The van der Waals surface area contributed by atoms with Crippen molar-refractivity contribution in [3.63, 3.8) is 0 Å². The number of methoxy groups -OCH3 is 2. The van der Waals surface area contributed by atoms with E-state index in [2.05, 4.69) is 5.32 Å². The largest absolute Gasteiger partial charge is 0.493 e. The van der Waals surface area contributed by atoms with Crippen LogP contribution in [0.3, 0.4) is 0 Å². The Hall–Kier alpha value is -2.96. The molecule has 0 saturated carbocycles. The Morgan fingerprint density at radius 1 is 1.10 bits per heavy atom. The molecule has 0 aliphatic rings. The van der Waals surface area contributed by atoms with Gasteiger partial charge in [0, 0.05) is 26.1 Å². The van der Waals surface area contributed by atoms with Crippen molar-refractivity contribution in [2.24, 2.45) is 0 Å². The number of nitrogens with one attached hydrogen (secondary N) is 1. The highest BCUT2D eigenvalue weighted by Crippen LogP contribution is 2.27. The zero-order chi connectivity index (χ0) is 21.2. The zero-order valence-corrected chi connectivity index (χ0v) is 17.6. The van der Waals surface area contributed by atoms with Crippen LogP contribution < -0.4 is 14.8 Å². The maximum absolute atomic E-state index is 12.7. The van der Waals surface area contributed by atoms with E-state index in [1.165, 1.54) is 6.26 Å². The molecule has 0 saturated heterocycles. The van der Waals surface area contributed by atoms with Crippen LogP contribution in [0, 0.1) is 6.92 Å². The number of carbonyl (C=O) groups is 2. The monoisotopic (exact) mass is 402 g/mol. The Labute approximate surface area is 172 Å². The molecule has 7 heteroatoms. The van der Waals surface area contributed by atoms with Gasteiger partial charge in [-0.3, -0.25) is 9.59 Å². The highest BCUT2D eigenvalue weighted by atomic mass is 16.5. The summed E-state index contributed by atoms with van der Waals surface area (Å²) in [5.41, 5.74) is 1.59. The number of benzene rings is 1.